The topological polar surface area (TPSA) is 55.1 Å². The number of furan rings is 1. The van der Waals surface area contributed by atoms with Gasteiger partial charge in [0.25, 0.3) is 0 Å². The Hall–Kier alpha value is -7.63. The van der Waals surface area contributed by atoms with Crippen LogP contribution in [0.5, 0.6) is 0 Å². The standard InChI is InChI=1S/C51H34N4O/c1-5-15-35(16-6-1)36-25-29-42(30-26-36)55(41-21-11-4-12-22-41)43-31-27-37(28-32-43)40-33-45(48-44-23-13-14-24-46(44)56-47(48)34-40)51-53-49(38-17-7-2-8-18-38)52-50(54-51)39-19-9-3-10-20-39/h1-34H/i1D,4D,5D,6D,11D,12D,15D,16D,21D,22D,25D,26D,27D,28D,29D,30D,31D,32D. The molecule has 2 heterocycles. The molecule has 0 amide bonds. The summed E-state index contributed by atoms with van der Waals surface area (Å²) in [6.45, 7) is 0. The second-order valence-electron chi connectivity index (χ2n) is 12.3. The minimum atomic E-state index is -1.05. The third kappa shape index (κ3) is 6.27. The fraction of sp³-hybridized carbons (Fsp3) is 0. The van der Waals surface area contributed by atoms with Crippen molar-refractivity contribution in [1.82, 2.24) is 15.0 Å². The van der Waals surface area contributed by atoms with Crippen molar-refractivity contribution < 1.29 is 29.1 Å². The molecule has 5 heteroatoms. The zero-order valence-electron chi connectivity index (χ0n) is 46.9. The second kappa shape index (κ2) is 14.3. The summed E-state index contributed by atoms with van der Waals surface area (Å²) in [6, 6.07) is 12.4. The highest BCUT2D eigenvalue weighted by molar-refractivity contribution is 6.13. The monoisotopic (exact) mass is 736 g/mol. The maximum Gasteiger partial charge on any atom is 0.164 e. The first-order valence-corrected chi connectivity index (χ1v) is 17.2. The average Bonchev–Trinajstić information content (AvgIpc) is 3.79. The molecule has 8 aromatic carbocycles. The molecule has 0 aliphatic heterocycles. The lowest BCUT2D eigenvalue weighted by Crippen LogP contribution is -2.09. The minimum Gasteiger partial charge on any atom is -0.456 e. The van der Waals surface area contributed by atoms with E-state index in [1.54, 1.807) is 18.2 Å². The molecule has 5 nitrogen and oxygen atoms in total. The number of rotatable bonds is 8. The summed E-state index contributed by atoms with van der Waals surface area (Å²) >= 11 is 0. The van der Waals surface area contributed by atoms with Gasteiger partial charge in [0, 0.05) is 44.5 Å². The minimum absolute atomic E-state index is 0.0691. The van der Waals surface area contributed by atoms with Crippen molar-refractivity contribution in [3.63, 3.8) is 0 Å². The smallest absolute Gasteiger partial charge is 0.164 e. The van der Waals surface area contributed by atoms with Gasteiger partial charge in [-0.1, -0.05) is 151 Å². The number of fused-ring (bicyclic) bond motifs is 3. The van der Waals surface area contributed by atoms with E-state index in [4.69, 9.17) is 35.8 Å². The molecule has 0 radical (unpaired) electrons. The predicted octanol–water partition coefficient (Wildman–Crippen LogP) is 13.6. The van der Waals surface area contributed by atoms with Crippen LogP contribution in [0.2, 0.25) is 0 Å². The van der Waals surface area contributed by atoms with Gasteiger partial charge in [0.2, 0.25) is 0 Å². The summed E-state index contributed by atoms with van der Waals surface area (Å²) in [5.41, 5.74) is -1.91. The van der Waals surface area contributed by atoms with Crippen molar-refractivity contribution in [1.29, 1.82) is 0 Å². The second-order valence-corrected chi connectivity index (χ2v) is 12.3. The summed E-state index contributed by atoms with van der Waals surface area (Å²) in [5, 5.41) is 1.21. The van der Waals surface area contributed by atoms with Gasteiger partial charge < -0.3 is 9.32 Å². The molecule has 0 unspecified atom stereocenters. The molecular formula is C51H34N4O. The first-order chi connectivity index (χ1) is 35.2. The normalized spacial score (nSPS) is 15.7. The Kier molecular flexibility index (Phi) is 4.88. The Balaban J connectivity index is 1.26. The molecule has 264 valence electrons. The van der Waals surface area contributed by atoms with E-state index >= 15 is 0 Å². The molecule has 0 fully saturated rings. The lowest BCUT2D eigenvalue weighted by Gasteiger charge is -2.26. The molecule has 2 aromatic heterocycles. The van der Waals surface area contributed by atoms with E-state index in [0.717, 1.165) is 0 Å². The maximum atomic E-state index is 9.64. The van der Waals surface area contributed by atoms with Crippen LogP contribution in [0.25, 0.3) is 78.4 Å². The van der Waals surface area contributed by atoms with E-state index < -0.39 is 137 Å². The van der Waals surface area contributed by atoms with Crippen LogP contribution in [0.15, 0.2) is 210 Å². The van der Waals surface area contributed by atoms with Crippen LogP contribution in [0.4, 0.5) is 17.1 Å². The van der Waals surface area contributed by atoms with Crippen molar-refractivity contribution >= 4 is 39.0 Å². The van der Waals surface area contributed by atoms with Crippen LogP contribution < -0.4 is 4.90 Å². The molecule has 0 saturated carbocycles. The fourth-order valence-electron chi connectivity index (χ4n) is 6.27. The van der Waals surface area contributed by atoms with Crippen LogP contribution in [0.1, 0.15) is 24.7 Å². The summed E-state index contributed by atoms with van der Waals surface area (Å²) in [5.74, 6) is 0.793. The quantitative estimate of drug-likeness (QED) is 0.155. The number of nitrogens with zero attached hydrogens (tertiary/aromatic N) is 4. The van der Waals surface area contributed by atoms with Gasteiger partial charge in [-0.3, -0.25) is 0 Å². The van der Waals surface area contributed by atoms with Gasteiger partial charge in [0.1, 0.15) is 11.2 Å². The maximum absolute atomic E-state index is 9.64. The Bertz CT molecular complexity index is 3850. The van der Waals surface area contributed by atoms with Crippen LogP contribution in [0.3, 0.4) is 0 Å². The van der Waals surface area contributed by atoms with Gasteiger partial charge in [-0.25, -0.2) is 15.0 Å². The van der Waals surface area contributed by atoms with Gasteiger partial charge in [-0.15, -0.1) is 0 Å². The van der Waals surface area contributed by atoms with Crippen LogP contribution in [-0.2, 0) is 0 Å². The molecule has 0 N–H and O–H groups in total. The van der Waals surface area contributed by atoms with E-state index in [0.29, 0.717) is 49.6 Å². The SMILES string of the molecule is [2H]c1c([2H])c([2H])c(-c2c([2H])c([2H])c(N(c3c([2H])c([2H])c([2H])c([2H])c3[2H])c3c([2H])c([2H])c(-c4cc(-c5nc(-c6ccccc6)nc(-c6ccccc6)n5)c5c(c4)oc4ccccc45)c([2H])c3[2H])c([2H])c2[2H])c([2H])c1[2H]. The van der Waals surface area contributed by atoms with Crippen LogP contribution in [0, 0.1) is 0 Å². The Labute approximate surface area is 350 Å². The molecule has 10 aromatic rings. The van der Waals surface area contributed by atoms with E-state index in [2.05, 4.69) is 0 Å². The summed E-state index contributed by atoms with van der Waals surface area (Å²) < 4.78 is 167. The van der Waals surface area contributed by atoms with E-state index in [9.17, 15) is 8.22 Å². The lowest BCUT2D eigenvalue weighted by atomic mass is 9.97. The van der Waals surface area contributed by atoms with Crippen molar-refractivity contribution in [2.24, 2.45) is 0 Å². The number of hydrogen-bond donors (Lipinski definition) is 0. The molecule has 56 heavy (non-hydrogen) atoms. The molecule has 0 aliphatic carbocycles. The zero-order chi connectivity index (χ0) is 52.9. The summed E-state index contributed by atoms with van der Waals surface area (Å²) in [4.78, 5) is 15.2. The first-order valence-electron chi connectivity index (χ1n) is 26.2. The Morgan fingerprint density at radius 3 is 1.48 bits per heavy atom. The molecular weight excluding hydrogens is 685 g/mol. The summed E-state index contributed by atoms with van der Waals surface area (Å²) in [7, 11) is 0. The molecule has 0 spiro atoms. The first kappa shape index (κ1) is 19.1. The van der Waals surface area contributed by atoms with Gasteiger partial charge in [0.05, 0.1) is 24.7 Å². The fourth-order valence-corrected chi connectivity index (χ4v) is 6.27. The molecule has 0 bridgehead atoms. The highest BCUT2D eigenvalue weighted by Crippen LogP contribution is 2.41. The highest BCUT2D eigenvalue weighted by atomic mass is 16.3. The van der Waals surface area contributed by atoms with E-state index in [1.165, 1.54) is 6.07 Å². The molecule has 0 aliphatic rings. The number of benzene rings is 8. The largest absolute Gasteiger partial charge is 0.456 e. The average molecular weight is 737 g/mol. The van der Waals surface area contributed by atoms with E-state index in [-0.39, 0.29) is 22.5 Å². The zero-order valence-corrected chi connectivity index (χ0v) is 28.9. The summed E-state index contributed by atoms with van der Waals surface area (Å²) in [6.07, 6.45) is 0. The Morgan fingerprint density at radius 2 is 0.875 bits per heavy atom. The molecule has 10 rings (SSSR count). The van der Waals surface area contributed by atoms with Crippen LogP contribution >= 0.6 is 0 Å². The van der Waals surface area contributed by atoms with E-state index in [1.807, 2.05) is 72.8 Å². The Morgan fingerprint density at radius 1 is 0.393 bits per heavy atom. The predicted molar refractivity (Wildman–Crippen MR) is 229 cm³/mol. The van der Waals surface area contributed by atoms with Crippen molar-refractivity contribution in [2.75, 3.05) is 4.90 Å². The third-order valence-electron chi connectivity index (χ3n) is 8.84. The number of para-hydroxylation sites is 2. The van der Waals surface area contributed by atoms with Gasteiger partial charge in [0.15, 0.2) is 17.5 Å². The van der Waals surface area contributed by atoms with Crippen molar-refractivity contribution in [3.05, 3.63) is 206 Å². The van der Waals surface area contributed by atoms with Gasteiger partial charge in [-0.2, -0.15) is 0 Å². The number of anilines is 3. The van der Waals surface area contributed by atoms with Gasteiger partial charge in [-0.05, 0) is 76.7 Å². The molecule has 0 atom stereocenters. The van der Waals surface area contributed by atoms with Crippen molar-refractivity contribution in [3.8, 4) is 56.4 Å². The van der Waals surface area contributed by atoms with Crippen LogP contribution in [-0.4, -0.2) is 15.0 Å². The third-order valence-corrected chi connectivity index (χ3v) is 8.84. The van der Waals surface area contributed by atoms with Gasteiger partial charge >= 0.3 is 0 Å². The molecule has 0 saturated heterocycles. The number of aromatic nitrogens is 3. The highest BCUT2D eigenvalue weighted by Gasteiger charge is 2.20. The number of hydrogen-bond acceptors (Lipinski definition) is 5. The van der Waals surface area contributed by atoms with Crippen molar-refractivity contribution in [2.45, 2.75) is 0 Å². The lowest BCUT2D eigenvalue weighted by molar-refractivity contribution is 0.669.